The summed E-state index contributed by atoms with van der Waals surface area (Å²) in [6.45, 7) is 0. The number of ether oxygens (including phenoxy) is 1. The van der Waals surface area contributed by atoms with Crippen LogP contribution < -0.4 is 10.5 Å². The Kier molecular flexibility index (Phi) is 3.19. The minimum atomic E-state index is -0.565. The van der Waals surface area contributed by atoms with Crippen molar-refractivity contribution < 1.29 is 18.8 Å². The number of rotatable bonds is 3. The van der Waals surface area contributed by atoms with Crippen molar-refractivity contribution in [2.75, 3.05) is 5.73 Å². The van der Waals surface area contributed by atoms with Gasteiger partial charge in [0.2, 0.25) is 0 Å². The minimum Gasteiger partial charge on any atom is -0.507 e. The Morgan fingerprint density at radius 2 is 2.00 bits per heavy atom. The van der Waals surface area contributed by atoms with Gasteiger partial charge < -0.3 is 20.1 Å². The van der Waals surface area contributed by atoms with Gasteiger partial charge in [-0.1, -0.05) is 5.16 Å². The zero-order valence-corrected chi connectivity index (χ0v) is 10.8. The summed E-state index contributed by atoms with van der Waals surface area (Å²) in [5.74, 6) is 0.221. The van der Waals surface area contributed by atoms with Gasteiger partial charge in [0.05, 0.1) is 11.8 Å². The third kappa shape index (κ3) is 2.64. The third-order valence-electron chi connectivity index (χ3n) is 2.86. The number of aromatic nitrogens is 1. The molecule has 0 fully saturated rings. The first-order valence-corrected chi connectivity index (χ1v) is 6.10. The average Bonchev–Trinajstić information content (AvgIpc) is 2.98. The van der Waals surface area contributed by atoms with Crippen LogP contribution >= 0.6 is 0 Å². The molecule has 0 aliphatic carbocycles. The largest absolute Gasteiger partial charge is 0.507 e. The lowest BCUT2D eigenvalue weighted by Crippen LogP contribution is -1.91. The number of phenolic OH excluding ortho intramolecular Hbond substituents is 1. The molecule has 0 radical (unpaired) electrons. The van der Waals surface area contributed by atoms with E-state index in [0.717, 1.165) is 0 Å². The second-order valence-electron chi connectivity index (χ2n) is 4.35. The van der Waals surface area contributed by atoms with E-state index in [1.165, 1.54) is 42.6 Å². The molecule has 0 amide bonds. The van der Waals surface area contributed by atoms with Crippen LogP contribution in [0.4, 0.5) is 10.1 Å². The van der Waals surface area contributed by atoms with Gasteiger partial charge >= 0.3 is 0 Å². The predicted octanol–water partition coefficient (Wildman–Crippen LogP) is 3.56. The van der Waals surface area contributed by atoms with E-state index in [0.29, 0.717) is 22.8 Å². The molecule has 2 aromatic carbocycles. The molecule has 6 heteroatoms. The molecule has 3 N–H and O–H groups in total. The van der Waals surface area contributed by atoms with Crippen LogP contribution in [-0.2, 0) is 0 Å². The molecule has 0 atom stereocenters. The first kappa shape index (κ1) is 13.0. The molecular weight excluding hydrogens is 275 g/mol. The third-order valence-corrected chi connectivity index (χ3v) is 2.86. The highest BCUT2D eigenvalue weighted by atomic mass is 19.1. The molecule has 0 saturated carbocycles. The number of nitrogens with zero attached hydrogens (tertiary/aromatic N) is 1. The van der Waals surface area contributed by atoms with Crippen molar-refractivity contribution in [1.29, 1.82) is 0 Å². The van der Waals surface area contributed by atoms with Gasteiger partial charge in [0.25, 0.3) is 0 Å². The first-order valence-electron chi connectivity index (χ1n) is 6.10. The zero-order valence-electron chi connectivity index (χ0n) is 10.8. The predicted molar refractivity (Wildman–Crippen MR) is 74.5 cm³/mol. The Bertz CT molecular complexity index is 773. The maximum Gasteiger partial charge on any atom is 0.170 e. The Morgan fingerprint density at radius 1 is 1.14 bits per heavy atom. The summed E-state index contributed by atoms with van der Waals surface area (Å²) >= 11 is 0. The molecule has 21 heavy (non-hydrogen) atoms. The Labute approximate surface area is 119 Å². The minimum absolute atomic E-state index is 0.0110. The van der Waals surface area contributed by atoms with E-state index in [9.17, 15) is 9.50 Å². The van der Waals surface area contributed by atoms with Crippen LogP contribution in [0.2, 0.25) is 0 Å². The Morgan fingerprint density at radius 3 is 2.71 bits per heavy atom. The molecule has 106 valence electrons. The number of anilines is 1. The topological polar surface area (TPSA) is 81.5 Å². The van der Waals surface area contributed by atoms with Gasteiger partial charge in [-0.05, 0) is 30.3 Å². The van der Waals surface area contributed by atoms with Crippen molar-refractivity contribution in [3.05, 3.63) is 54.5 Å². The lowest BCUT2D eigenvalue weighted by molar-refractivity contribution is 0.422. The quantitative estimate of drug-likeness (QED) is 0.719. The van der Waals surface area contributed by atoms with E-state index >= 15 is 0 Å². The fraction of sp³-hybridized carbons (Fsp3) is 0. The van der Waals surface area contributed by atoms with Crippen LogP contribution in [-0.4, -0.2) is 10.3 Å². The smallest absolute Gasteiger partial charge is 0.170 e. The second-order valence-corrected chi connectivity index (χ2v) is 4.35. The lowest BCUT2D eigenvalue weighted by atomic mass is 10.1. The van der Waals surface area contributed by atoms with Gasteiger partial charge in [0.15, 0.2) is 17.3 Å². The maximum absolute atomic E-state index is 13.7. The van der Waals surface area contributed by atoms with Crippen LogP contribution in [0, 0.1) is 5.82 Å². The maximum atomic E-state index is 13.7. The molecule has 3 aromatic rings. The van der Waals surface area contributed by atoms with Crippen molar-refractivity contribution in [2.24, 2.45) is 0 Å². The molecule has 0 unspecified atom stereocenters. The lowest BCUT2D eigenvalue weighted by Gasteiger charge is -2.09. The molecule has 3 rings (SSSR count). The van der Waals surface area contributed by atoms with Gasteiger partial charge in [0, 0.05) is 17.8 Å². The highest BCUT2D eigenvalue weighted by Crippen LogP contribution is 2.34. The van der Waals surface area contributed by atoms with Crippen LogP contribution in [0.3, 0.4) is 0 Å². The van der Waals surface area contributed by atoms with Crippen molar-refractivity contribution >= 4 is 5.69 Å². The van der Waals surface area contributed by atoms with Crippen molar-refractivity contribution in [1.82, 2.24) is 5.16 Å². The Balaban J connectivity index is 1.95. The molecule has 0 spiro atoms. The van der Waals surface area contributed by atoms with Gasteiger partial charge in [-0.2, -0.15) is 0 Å². The molecule has 0 aliphatic heterocycles. The summed E-state index contributed by atoms with van der Waals surface area (Å²) in [4.78, 5) is 0. The summed E-state index contributed by atoms with van der Waals surface area (Å²) in [5.41, 5.74) is 6.20. The fourth-order valence-electron chi connectivity index (χ4n) is 1.86. The van der Waals surface area contributed by atoms with Gasteiger partial charge in [0.1, 0.15) is 11.5 Å². The van der Waals surface area contributed by atoms with Crippen LogP contribution in [0.1, 0.15) is 0 Å². The standard InChI is InChI=1S/C15H11FN2O3/c16-12-7-9(17)1-4-15(12)20-10-2-3-13(19)11(8-10)14-5-6-18-21-14/h1-8,19H,17H2. The summed E-state index contributed by atoms with van der Waals surface area (Å²) in [6, 6.07) is 10.2. The van der Waals surface area contributed by atoms with E-state index in [4.69, 9.17) is 15.0 Å². The monoisotopic (exact) mass is 286 g/mol. The zero-order chi connectivity index (χ0) is 14.8. The number of phenols is 1. The molecule has 1 heterocycles. The van der Waals surface area contributed by atoms with E-state index in [1.54, 1.807) is 6.07 Å². The number of halogens is 1. The summed E-state index contributed by atoms with van der Waals surface area (Å²) < 4.78 is 24.1. The van der Waals surface area contributed by atoms with Gasteiger partial charge in [-0.15, -0.1) is 0 Å². The molecular formula is C15H11FN2O3. The highest BCUT2D eigenvalue weighted by Gasteiger charge is 2.11. The molecule has 1 aromatic heterocycles. The SMILES string of the molecule is Nc1ccc(Oc2ccc(O)c(-c3ccno3)c2)c(F)c1. The van der Waals surface area contributed by atoms with E-state index in [1.807, 2.05) is 0 Å². The fourth-order valence-corrected chi connectivity index (χ4v) is 1.86. The molecule has 0 saturated heterocycles. The van der Waals surface area contributed by atoms with Crippen molar-refractivity contribution in [3.63, 3.8) is 0 Å². The van der Waals surface area contributed by atoms with Crippen LogP contribution in [0.25, 0.3) is 11.3 Å². The normalized spacial score (nSPS) is 10.5. The molecule has 0 aliphatic rings. The van der Waals surface area contributed by atoms with Crippen molar-refractivity contribution in [3.8, 4) is 28.6 Å². The van der Waals surface area contributed by atoms with Crippen LogP contribution in [0.15, 0.2) is 53.2 Å². The number of aromatic hydroxyl groups is 1. The number of nitrogens with two attached hydrogens (primary N) is 1. The van der Waals surface area contributed by atoms with E-state index in [2.05, 4.69) is 5.16 Å². The van der Waals surface area contributed by atoms with Gasteiger partial charge in [-0.25, -0.2) is 4.39 Å². The number of hydrogen-bond acceptors (Lipinski definition) is 5. The molecule has 0 bridgehead atoms. The summed E-state index contributed by atoms with van der Waals surface area (Å²) in [5, 5.41) is 13.4. The molecule has 5 nitrogen and oxygen atoms in total. The van der Waals surface area contributed by atoms with E-state index < -0.39 is 5.82 Å². The van der Waals surface area contributed by atoms with Gasteiger partial charge in [-0.3, -0.25) is 0 Å². The highest BCUT2D eigenvalue weighted by molar-refractivity contribution is 5.67. The number of hydrogen-bond donors (Lipinski definition) is 2. The second kappa shape index (κ2) is 5.16. The summed E-state index contributed by atoms with van der Waals surface area (Å²) in [7, 11) is 0. The Hall–Kier alpha value is -3.02. The summed E-state index contributed by atoms with van der Waals surface area (Å²) in [6.07, 6.45) is 1.46. The first-order chi connectivity index (χ1) is 10.1. The number of nitrogen functional groups attached to an aromatic ring is 1. The average molecular weight is 286 g/mol. The van der Waals surface area contributed by atoms with E-state index in [-0.39, 0.29) is 11.5 Å². The van der Waals surface area contributed by atoms with Crippen molar-refractivity contribution in [2.45, 2.75) is 0 Å². The number of benzene rings is 2. The van der Waals surface area contributed by atoms with Crippen LogP contribution in [0.5, 0.6) is 17.2 Å².